The smallest absolute Gasteiger partial charge is 0.272 e. The molecule has 0 fully saturated rings. The van der Waals surface area contributed by atoms with Crippen LogP contribution in [0.15, 0.2) is 30.3 Å². The monoisotopic (exact) mass is 355 g/mol. The van der Waals surface area contributed by atoms with E-state index in [-0.39, 0.29) is 23.7 Å². The Morgan fingerprint density at radius 3 is 2.15 bits per heavy atom. The van der Waals surface area contributed by atoms with Crippen LogP contribution >= 0.6 is 0 Å². The van der Waals surface area contributed by atoms with Gasteiger partial charge in [0, 0.05) is 22.9 Å². The first-order valence-corrected chi connectivity index (χ1v) is 8.10. The number of hydrogen-bond acceptors (Lipinski definition) is 4. The number of carbonyl (C=O) groups excluding carboxylic acids is 2. The van der Waals surface area contributed by atoms with Crippen LogP contribution in [0.4, 0.5) is 11.4 Å². The number of nitrogens with zero attached hydrogens (tertiary/aromatic N) is 1. The first-order valence-electron chi connectivity index (χ1n) is 8.10. The highest BCUT2D eigenvalue weighted by Crippen LogP contribution is 2.22. The number of benzene rings is 2. The number of rotatable bonds is 5. The quantitative estimate of drug-likeness (QED) is 0.635. The zero-order chi connectivity index (χ0) is 19.4. The minimum Gasteiger partial charge on any atom is -0.343 e. The van der Waals surface area contributed by atoms with Crippen LogP contribution in [0.2, 0.25) is 0 Å². The van der Waals surface area contributed by atoms with Gasteiger partial charge in [0.15, 0.2) is 0 Å². The second kappa shape index (κ2) is 7.77. The molecule has 7 heteroatoms. The Morgan fingerprint density at radius 1 is 1.00 bits per heavy atom. The maximum Gasteiger partial charge on any atom is 0.272 e. The highest BCUT2D eigenvalue weighted by molar-refractivity contribution is 6.00. The second-order valence-corrected chi connectivity index (χ2v) is 6.26. The topological polar surface area (TPSA) is 101 Å². The Hall–Kier alpha value is -3.22. The highest BCUT2D eigenvalue weighted by atomic mass is 16.6. The molecule has 2 aromatic carbocycles. The molecule has 7 nitrogen and oxygen atoms in total. The van der Waals surface area contributed by atoms with Crippen molar-refractivity contribution in [3.8, 4) is 0 Å². The SMILES string of the molecule is Cc1cc(C)c(NC(=O)CNC(=O)c2ccc([N+](=O)[O-])c(C)c2)c(C)c1. The van der Waals surface area contributed by atoms with Crippen LogP contribution in [0.3, 0.4) is 0 Å². The normalized spacial score (nSPS) is 10.3. The Morgan fingerprint density at radius 2 is 1.62 bits per heavy atom. The summed E-state index contributed by atoms with van der Waals surface area (Å²) >= 11 is 0. The molecule has 0 unspecified atom stereocenters. The van der Waals surface area contributed by atoms with Crippen molar-refractivity contribution < 1.29 is 14.5 Å². The summed E-state index contributed by atoms with van der Waals surface area (Å²) in [7, 11) is 0. The van der Waals surface area contributed by atoms with Crippen molar-refractivity contribution >= 4 is 23.2 Å². The van der Waals surface area contributed by atoms with E-state index < -0.39 is 10.8 Å². The van der Waals surface area contributed by atoms with Gasteiger partial charge < -0.3 is 10.6 Å². The molecular formula is C19H21N3O4. The second-order valence-electron chi connectivity index (χ2n) is 6.26. The van der Waals surface area contributed by atoms with Gasteiger partial charge in [-0.1, -0.05) is 17.7 Å². The van der Waals surface area contributed by atoms with Crippen LogP contribution < -0.4 is 10.6 Å². The standard InChI is InChI=1S/C19H21N3O4/c1-11-7-13(3)18(14(4)8-11)21-17(23)10-20-19(24)15-5-6-16(22(25)26)12(2)9-15/h5-9H,10H2,1-4H3,(H,20,24)(H,21,23). The molecule has 0 saturated carbocycles. The predicted octanol–water partition coefficient (Wildman–Crippen LogP) is 3.20. The zero-order valence-corrected chi connectivity index (χ0v) is 15.2. The lowest BCUT2D eigenvalue weighted by atomic mass is 10.1. The molecule has 0 heterocycles. The summed E-state index contributed by atoms with van der Waals surface area (Å²) in [4.78, 5) is 34.6. The summed E-state index contributed by atoms with van der Waals surface area (Å²) in [5, 5.41) is 16.1. The fourth-order valence-corrected chi connectivity index (χ4v) is 2.82. The lowest BCUT2D eigenvalue weighted by Crippen LogP contribution is -2.33. The zero-order valence-electron chi connectivity index (χ0n) is 15.2. The molecule has 2 rings (SSSR count). The number of carbonyl (C=O) groups is 2. The molecule has 0 aliphatic heterocycles. The van der Waals surface area contributed by atoms with Crippen molar-refractivity contribution in [2.75, 3.05) is 11.9 Å². The molecule has 0 saturated heterocycles. The Balaban J connectivity index is 2.00. The minimum atomic E-state index is -0.503. The summed E-state index contributed by atoms with van der Waals surface area (Å²) in [6.07, 6.45) is 0. The summed E-state index contributed by atoms with van der Waals surface area (Å²) in [5.74, 6) is -0.803. The predicted molar refractivity (Wildman–Crippen MR) is 99.4 cm³/mol. The van der Waals surface area contributed by atoms with Crippen LogP contribution in [0.25, 0.3) is 0 Å². The van der Waals surface area contributed by atoms with Crippen molar-refractivity contribution in [1.82, 2.24) is 5.32 Å². The number of hydrogen-bond donors (Lipinski definition) is 2. The van der Waals surface area contributed by atoms with Crippen LogP contribution in [-0.4, -0.2) is 23.3 Å². The van der Waals surface area contributed by atoms with E-state index in [0.29, 0.717) is 5.56 Å². The highest BCUT2D eigenvalue weighted by Gasteiger charge is 2.15. The minimum absolute atomic E-state index is 0.0513. The lowest BCUT2D eigenvalue weighted by Gasteiger charge is -2.13. The van der Waals surface area contributed by atoms with E-state index >= 15 is 0 Å². The van der Waals surface area contributed by atoms with Gasteiger partial charge >= 0.3 is 0 Å². The first-order chi connectivity index (χ1) is 12.2. The van der Waals surface area contributed by atoms with Crippen molar-refractivity contribution in [3.63, 3.8) is 0 Å². The third-order valence-corrected chi connectivity index (χ3v) is 4.01. The lowest BCUT2D eigenvalue weighted by molar-refractivity contribution is -0.385. The molecule has 0 atom stereocenters. The van der Waals surface area contributed by atoms with E-state index in [1.165, 1.54) is 18.2 Å². The Kier molecular flexibility index (Phi) is 5.71. The van der Waals surface area contributed by atoms with Gasteiger partial charge in [-0.25, -0.2) is 0 Å². The van der Waals surface area contributed by atoms with Crippen LogP contribution in [-0.2, 0) is 4.79 Å². The van der Waals surface area contributed by atoms with Gasteiger partial charge in [-0.15, -0.1) is 0 Å². The van der Waals surface area contributed by atoms with E-state index in [0.717, 1.165) is 22.4 Å². The van der Waals surface area contributed by atoms with Gasteiger partial charge in [-0.05, 0) is 51.0 Å². The average molecular weight is 355 g/mol. The van der Waals surface area contributed by atoms with E-state index in [1.807, 2.05) is 32.9 Å². The van der Waals surface area contributed by atoms with Gasteiger partial charge in [-0.2, -0.15) is 0 Å². The summed E-state index contributed by atoms with van der Waals surface area (Å²) < 4.78 is 0. The van der Waals surface area contributed by atoms with Gasteiger partial charge in [0.2, 0.25) is 5.91 Å². The molecule has 2 amide bonds. The number of aryl methyl sites for hydroxylation is 4. The maximum atomic E-state index is 12.2. The van der Waals surface area contributed by atoms with Crippen LogP contribution in [0, 0.1) is 37.8 Å². The van der Waals surface area contributed by atoms with E-state index in [2.05, 4.69) is 10.6 Å². The number of anilines is 1. The first kappa shape index (κ1) is 19.1. The number of nitrogens with one attached hydrogen (secondary N) is 2. The fourth-order valence-electron chi connectivity index (χ4n) is 2.82. The number of amides is 2. The third-order valence-electron chi connectivity index (χ3n) is 4.01. The molecule has 0 aromatic heterocycles. The van der Waals surface area contributed by atoms with E-state index in [9.17, 15) is 19.7 Å². The summed E-state index contributed by atoms with van der Waals surface area (Å²) in [5.41, 5.74) is 4.36. The van der Waals surface area contributed by atoms with Gasteiger partial charge in [0.1, 0.15) is 0 Å². The molecule has 2 N–H and O–H groups in total. The Bertz CT molecular complexity index is 867. The molecule has 0 aliphatic rings. The van der Waals surface area contributed by atoms with Crippen molar-refractivity contribution in [1.29, 1.82) is 0 Å². The molecular weight excluding hydrogens is 334 g/mol. The molecule has 26 heavy (non-hydrogen) atoms. The third kappa shape index (κ3) is 4.44. The maximum absolute atomic E-state index is 12.2. The summed E-state index contributed by atoms with van der Waals surface area (Å²) in [6, 6.07) is 8.03. The molecule has 0 bridgehead atoms. The van der Waals surface area contributed by atoms with E-state index in [4.69, 9.17) is 0 Å². The number of nitro benzene ring substituents is 1. The fraction of sp³-hybridized carbons (Fsp3) is 0.263. The van der Waals surface area contributed by atoms with Crippen molar-refractivity contribution in [2.45, 2.75) is 27.7 Å². The molecule has 0 spiro atoms. The largest absolute Gasteiger partial charge is 0.343 e. The average Bonchev–Trinajstić information content (AvgIpc) is 2.55. The van der Waals surface area contributed by atoms with Crippen molar-refractivity contribution in [3.05, 3.63) is 68.3 Å². The van der Waals surface area contributed by atoms with Gasteiger partial charge in [0.05, 0.1) is 11.5 Å². The molecule has 2 aromatic rings. The van der Waals surface area contributed by atoms with E-state index in [1.54, 1.807) is 6.92 Å². The van der Waals surface area contributed by atoms with Crippen LogP contribution in [0.1, 0.15) is 32.6 Å². The van der Waals surface area contributed by atoms with Crippen molar-refractivity contribution in [2.24, 2.45) is 0 Å². The molecule has 0 radical (unpaired) electrons. The van der Waals surface area contributed by atoms with Gasteiger partial charge in [0.25, 0.3) is 11.6 Å². The van der Waals surface area contributed by atoms with Crippen LogP contribution in [0.5, 0.6) is 0 Å². The number of nitro groups is 1. The molecule has 136 valence electrons. The molecule has 0 aliphatic carbocycles. The Labute approximate surface area is 151 Å². The van der Waals surface area contributed by atoms with Gasteiger partial charge in [-0.3, -0.25) is 19.7 Å². The summed E-state index contributed by atoms with van der Waals surface area (Å²) in [6.45, 7) is 7.17.